The molecule has 1 heterocycles. The summed E-state index contributed by atoms with van der Waals surface area (Å²) >= 11 is 7.29. The minimum atomic E-state index is -0.426. The van der Waals surface area contributed by atoms with E-state index in [9.17, 15) is 19.2 Å². The number of nitrogens with one attached hydrogen (secondary N) is 1. The fourth-order valence-corrected chi connectivity index (χ4v) is 6.57. The zero-order chi connectivity index (χ0) is 19.5. The van der Waals surface area contributed by atoms with Gasteiger partial charge in [-0.2, -0.15) is 0 Å². The second-order valence-corrected chi connectivity index (χ2v) is 9.56. The molecular formula is C19H18Br2N2O4. The van der Waals surface area contributed by atoms with Crippen molar-refractivity contribution in [1.29, 1.82) is 0 Å². The summed E-state index contributed by atoms with van der Waals surface area (Å²) in [6.07, 6.45) is 0.862. The zero-order valence-corrected chi connectivity index (χ0v) is 17.7. The van der Waals surface area contributed by atoms with Gasteiger partial charge in [0.25, 0.3) is 0 Å². The number of rotatable bonds is 4. The number of carbonyl (C=O) groups excluding carboxylic acids is 4. The Morgan fingerprint density at radius 2 is 1.56 bits per heavy atom. The van der Waals surface area contributed by atoms with Gasteiger partial charge in [0.15, 0.2) is 5.78 Å². The molecule has 27 heavy (non-hydrogen) atoms. The summed E-state index contributed by atoms with van der Waals surface area (Å²) < 4.78 is 0. The maximum absolute atomic E-state index is 12.8. The molecule has 3 amide bonds. The van der Waals surface area contributed by atoms with Crippen LogP contribution >= 0.6 is 31.9 Å². The summed E-state index contributed by atoms with van der Waals surface area (Å²) in [6, 6.07) is 6.50. The molecule has 3 aliphatic rings. The molecule has 1 N–H and O–H groups in total. The van der Waals surface area contributed by atoms with Gasteiger partial charge in [-0.05, 0) is 49.4 Å². The molecule has 1 aliphatic heterocycles. The number of likely N-dealkylation sites (tertiary alicyclic amines) is 1. The summed E-state index contributed by atoms with van der Waals surface area (Å²) in [6.45, 7) is 1.19. The van der Waals surface area contributed by atoms with E-state index >= 15 is 0 Å². The number of Topliss-reactive ketones (excluding diaryl/α,β-unsaturated/α-hetero) is 1. The number of fused-ring (bicyclic) bond motifs is 5. The number of carbonyl (C=O) groups is 4. The van der Waals surface area contributed by atoms with E-state index in [-0.39, 0.29) is 57.5 Å². The number of imide groups is 1. The van der Waals surface area contributed by atoms with Gasteiger partial charge < -0.3 is 5.32 Å². The largest absolute Gasteiger partial charge is 0.325 e. The lowest BCUT2D eigenvalue weighted by atomic mass is 9.81. The molecule has 2 bridgehead atoms. The van der Waals surface area contributed by atoms with Gasteiger partial charge in [-0.1, -0.05) is 31.9 Å². The van der Waals surface area contributed by atoms with Crippen molar-refractivity contribution >= 4 is 61.1 Å². The third-order valence-electron chi connectivity index (χ3n) is 5.96. The molecule has 1 aromatic rings. The third kappa shape index (κ3) is 2.97. The number of benzene rings is 1. The molecule has 6 nitrogen and oxygen atoms in total. The van der Waals surface area contributed by atoms with E-state index in [1.807, 2.05) is 0 Å². The smallest absolute Gasteiger partial charge is 0.244 e. The number of nitrogens with zero attached hydrogens (tertiary/aromatic N) is 1. The molecule has 0 aromatic heterocycles. The summed E-state index contributed by atoms with van der Waals surface area (Å²) in [5, 5.41) is 2.68. The Balaban J connectivity index is 1.44. The lowest BCUT2D eigenvalue weighted by molar-refractivity contribution is -0.143. The Labute approximate surface area is 173 Å². The SMILES string of the molecule is CC(=O)c1ccc(NC(=O)CN2C(=O)[C@@H]3[C@H]4C[C@@H]([C@H](Br)[C@H]4Br)[C@@H]3C2=O)cc1. The molecule has 8 heteroatoms. The van der Waals surface area contributed by atoms with Crippen LogP contribution in [0.4, 0.5) is 5.69 Å². The lowest BCUT2D eigenvalue weighted by Gasteiger charge is -2.28. The van der Waals surface area contributed by atoms with Crippen LogP contribution in [0.2, 0.25) is 0 Å². The number of halogens is 2. The molecule has 4 rings (SSSR count). The standard InChI is InChI=1S/C19H18Br2N2O4/c1-8(24)9-2-4-10(5-3-9)22-13(25)7-23-18(26)14-11-6-12(15(14)19(23)27)17(21)16(11)20/h2-5,11-12,14-17H,6-7H2,1H3,(H,22,25)/t11-,12-,14-,15+,16+,17+/m1/s1. The number of ketones is 1. The van der Waals surface area contributed by atoms with Crippen LogP contribution in [-0.2, 0) is 14.4 Å². The van der Waals surface area contributed by atoms with Crippen LogP contribution in [-0.4, -0.2) is 44.6 Å². The van der Waals surface area contributed by atoms with Crippen molar-refractivity contribution in [1.82, 2.24) is 4.90 Å². The van der Waals surface area contributed by atoms with Gasteiger partial charge in [0, 0.05) is 20.9 Å². The van der Waals surface area contributed by atoms with E-state index in [0.29, 0.717) is 11.3 Å². The van der Waals surface area contributed by atoms with Crippen LogP contribution in [0.5, 0.6) is 0 Å². The normalized spacial score (nSPS) is 34.1. The highest BCUT2D eigenvalue weighted by Crippen LogP contribution is 2.60. The van der Waals surface area contributed by atoms with Gasteiger partial charge in [-0.25, -0.2) is 0 Å². The van der Waals surface area contributed by atoms with Crippen LogP contribution in [0.3, 0.4) is 0 Å². The average molecular weight is 498 g/mol. The van der Waals surface area contributed by atoms with Crippen LogP contribution in [0.15, 0.2) is 24.3 Å². The summed E-state index contributed by atoms with van der Waals surface area (Å²) in [5.74, 6) is -1.32. The molecular weight excluding hydrogens is 480 g/mol. The van der Waals surface area contributed by atoms with E-state index in [0.717, 1.165) is 11.3 Å². The first-order valence-electron chi connectivity index (χ1n) is 8.84. The fraction of sp³-hybridized carbons (Fsp3) is 0.474. The monoisotopic (exact) mass is 496 g/mol. The second kappa shape index (κ2) is 6.81. The first kappa shape index (κ1) is 18.8. The van der Waals surface area contributed by atoms with E-state index < -0.39 is 5.91 Å². The van der Waals surface area contributed by atoms with Crippen LogP contribution in [0.25, 0.3) is 0 Å². The van der Waals surface area contributed by atoms with Gasteiger partial charge in [-0.15, -0.1) is 0 Å². The summed E-state index contributed by atoms with van der Waals surface area (Å²) in [4.78, 5) is 50.7. The number of amides is 3. The van der Waals surface area contributed by atoms with Gasteiger partial charge >= 0.3 is 0 Å². The summed E-state index contributed by atoms with van der Waals surface area (Å²) in [5.41, 5.74) is 1.07. The Hall–Kier alpha value is -1.54. The van der Waals surface area contributed by atoms with E-state index in [1.165, 1.54) is 6.92 Å². The highest BCUT2D eigenvalue weighted by atomic mass is 79.9. The van der Waals surface area contributed by atoms with E-state index in [4.69, 9.17) is 0 Å². The average Bonchev–Trinajstić information content (AvgIpc) is 3.23. The molecule has 2 aliphatic carbocycles. The molecule has 3 fully saturated rings. The van der Waals surface area contributed by atoms with Crippen molar-refractivity contribution in [3.8, 4) is 0 Å². The number of hydrogen-bond donors (Lipinski definition) is 1. The summed E-state index contributed by atoms with van der Waals surface area (Å²) in [7, 11) is 0. The molecule has 0 spiro atoms. The minimum Gasteiger partial charge on any atom is -0.325 e. The predicted molar refractivity (Wildman–Crippen MR) is 106 cm³/mol. The predicted octanol–water partition coefficient (Wildman–Crippen LogP) is 2.61. The Morgan fingerprint density at radius 3 is 2.04 bits per heavy atom. The van der Waals surface area contributed by atoms with Crippen molar-refractivity contribution in [2.24, 2.45) is 23.7 Å². The number of alkyl halides is 2. The molecule has 0 radical (unpaired) electrons. The van der Waals surface area contributed by atoms with Crippen molar-refractivity contribution in [2.75, 3.05) is 11.9 Å². The fourth-order valence-electron chi connectivity index (χ4n) is 4.70. The zero-order valence-electron chi connectivity index (χ0n) is 14.5. The van der Waals surface area contributed by atoms with Crippen LogP contribution in [0.1, 0.15) is 23.7 Å². The highest BCUT2D eigenvalue weighted by molar-refractivity contribution is 9.12. The first-order chi connectivity index (χ1) is 12.8. The molecule has 142 valence electrons. The van der Waals surface area contributed by atoms with Crippen molar-refractivity contribution in [2.45, 2.75) is 23.0 Å². The maximum Gasteiger partial charge on any atom is 0.244 e. The second-order valence-electron chi connectivity index (χ2n) is 7.45. The number of anilines is 1. The maximum atomic E-state index is 12.8. The quantitative estimate of drug-likeness (QED) is 0.393. The minimum absolute atomic E-state index is 0.0579. The van der Waals surface area contributed by atoms with Crippen LogP contribution < -0.4 is 5.32 Å². The van der Waals surface area contributed by atoms with Gasteiger partial charge in [0.1, 0.15) is 6.54 Å². The molecule has 1 saturated heterocycles. The number of hydrogen-bond acceptors (Lipinski definition) is 4. The van der Waals surface area contributed by atoms with Crippen molar-refractivity contribution < 1.29 is 19.2 Å². The first-order valence-corrected chi connectivity index (χ1v) is 10.7. The Kier molecular flexibility index (Phi) is 4.74. The van der Waals surface area contributed by atoms with Crippen molar-refractivity contribution in [3.63, 3.8) is 0 Å². The van der Waals surface area contributed by atoms with Crippen molar-refractivity contribution in [3.05, 3.63) is 29.8 Å². The van der Waals surface area contributed by atoms with E-state index in [2.05, 4.69) is 37.2 Å². The molecule has 1 aromatic carbocycles. The topological polar surface area (TPSA) is 83.6 Å². The van der Waals surface area contributed by atoms with Gasteiger partial charge in [0.05, 0.1) is 11.8 Å². The highest BCUT2D eigenvalue weighted by Gasteiger charge is 2.66. The van der Waals surface area contributed by atoms with Crippen LogP contribution in [0, 0.1) is 23.7 Å². The molecule has 2 saturated carbocycles. The molecule has 6 atom stereocenters. The Morgan fingerprint density at radius 1 is 1.04 bits per heavy atom. The van der Waals surface area contributed by atoms with Gasteiger partial charge in [-0.3, -0.25) is 24.1 Å². The van der Waals surface area contributed by atoms with Gasteiger partial charge in [0.2, 0.25) is 17.7 Å². The Bertz CT molecular complexity index is 809. The van der Waals surface area contributed by atoms with E-state index in [1.54, 1.807) is 24.3 Å². The molecule has 0 unspecified atom stereocenters. The lowest BCUT2D eigenvalue weighted by Crippen LogP contribution is -2.39. The third-order valence-corrected chi connectivity index (χ3v) is 9.16.